The molecule has 6 heteroatoms. The zero-order chi connectivity index (χ0) is 16.8. The summed E-state index contributed by atoms with van der Waals surface area (Å²) in [7, 11) is 0. The van der Waals surface area contributed by atoms with E-state index < -0.39 is 5.97 Å². The van der Waals surface area contributed by atoms with Gasteiger partial charge in [-0.05, 0) is 29.3 Å². The minimum Gasteiger partial charge on any atom is -0.478 e. The third kappa shape index (κ3) is 4.31. The number of aromatic carboxylic acids is 1. The zero-order valence-corrected chi connectivity index (χ0v) is 13.4. The molecule has 2 heterocycles. The van der Waals surface area contributed by atoms with Gasteiger partial charge >= 0.3 is 5.97 Å². The summed E-state index contributed by atoms with van der Waals surface area (Å²) in [4.78, 5) is 17.7. The van der Waals surface area contributed by atoms with Crippen LogP contribution in [0.3, 0.4) is 0 Å². The lowest BCUT2D eigenvalue weighted by Crippen LogP contribution is -2.36. The standard InChI is InChI=1S/C18H21N3O3/c22-18(23)16-3-1-2-14(10-16)11-19-12-15-4-5-17(20-13-15)21-6-8-24-9-7-21/h1-5,10,13,19H,6-9,11-12H2,(H,22,23). The lowest BCUT2D eigenvalue weighted by atomic mass is 10.1. The molecular formula is C18H21N3O3. The number of carboxylic acids is 1. The molecular weight excluding hydrogens is 306 g/mol. The van der Waals surface area contributed by atoms with Crippen molar-refractivity contribution in [3.05, 3.63) is 59.3 Å². The normalized spacial score (nSPS) is 14.6. The largest absolute Gasteiger partial charge is 0.478 e. The lowest BCUT2D eigenvalue weighted by Gasteiger charge is -2.27. The number of aromatic nitrogens is 1. The van der Waals surface area contributed by atoms with Crippen molar-refractivity contribution in [3.8, 4) is 0 Å². The molecule has 1 aromatic carbocycles. The van der Waals surface area contributed by atoms with E-state index in [-0.39, 0.29) is 0 Å². The van der Waals surface area contributed by atoms with Crippen molar-refractivity contribution in [2.45, 2.75) is 13.1 Å². The molecule has 0 radical (unpaired) electrons. The molecule has 0 aliphatic carbocycles. The molecule has 2 N–H and O–H groups in total. The second-order valence-corrected chi connectivity index (χ2v) is 5.73. The number of anilines is 1. The number of ether oxygens (including phenoxy) is 1. The maximum atomic E-state index is 11.0. The number of carboxylic acid groups (broad SMARTS) is 1. The smallest absolute Gasteiger partial charge is 0.335 e. The second-order valence-electron chi connectivity index (χ2n) is 5.73. The monoisotopic (exact) mass is 327 g/mol. The van der Waals surface area contributed by atoms with Crippen molar-refractivity contribution >= 4 is 11.8 Å². The van der Waals surface area contributed by atoms with Gasteiger partial charge in [0.2, 0.25) is 0 Å². The van der Waals surface area contributed by atoms with Gasteiger partial charge in [-0.2, -0.15) is 0 Å². The van der Waals surface area contributed by atoms with E-state index in [1.807, 2.05) is 18.3 Å². The SMILES string of the molecule is O=C(O)c1cccc(CNCc2ccc(N3CCOCC3)nc2)c1. The number of nitrogens with one attached hydrogen (secondary N) is 1. The summed E-state index contributed by atoms with van der Waals surface area (Å²) in [5.41, 5.74) is 2.36. The Balaban J connectivity index is 1.51. The number of morpholine rings is 1. The molecule has 1 aromatic heterocycles. The van der Waals surface area contributed by atoms with Crippen molar-refractivity contribution in [1.29, 1.82) is 0 Å². The third-order valence-corrected chi connectivity index (χ3v) is 3.98. The van der Waals surface area contributed by atoms with Crippen molar-refractivity contribution in [2.24, 2.45) is 0 Å². The average Bonchev–Trinajstić information content (AvgIpc) is 2.63. The summed E-state index contributed by atoms with van der Waals surface area (Å²) >= 11 is 0. The van der Waals surface area contributed by atoms with Crippen LogP contribution in [0.1, 0.15) is 21.5 Å². The summed E-state index contributed by atoms with van der Waals surface area (Å²) in [5.74, 6) is 0.0796. The molecule has 24 heavy (non-hydrogen) atoms. The van der Waals surface area contributed by atoms with Crippen LogP contribution < -0.4 is 10.2 Å². The van der Waals surface area contributed by atoms with Crippen LogP contribution in [0.15, 0.2) is 42.6 Å². The van der Waals surface area contributed by atoms with E-state index >= 15 is 0 Å². The maximum absolute atomic E-state index is 11.0. The van der Waals surface area contributed by atoms with Crippen molar-refractivity contribution < 1.29 is 14.6 Å². The Hall–Kier alpha value is -2.44. The molecule has 126 valence electrons. The number of benzene rings is 1. The molecule has 0 unspecified atom stereocenters. The van der Waals surface area contributed by atoms with Crippen LogP contribution in [-0.2, 0) is 17.8 Å². The molecule has 6 nitrogen and oxygen atoms in total. The molecule has 0 saturated carbocycles. The highest BCUT2D eigenvalue weighted by Gasteiger charge is 2.11. The predicted molar refractivity (Wildman–Crippen MR) is 91.2 cm³/mol. The first-order valence-corrected chi connectivity index (χ1v) is 8.03. The summed E-state index contributed by atoms with van der Waals surface area (Å²) in [6.45, 7) is 4.57. The molecule has 0 spiro atoms. The predicted octanol–water partition coefficient (Wildman–Crippen LogP) is 1.91. The van der Waals surface area contributed by atoms with Crippen LogP contribution >= 0.6 is 0 Å². The van der Waals surface area contributed by atoms with E-state index in [0.29, 0.717) is 18.7 Å². The van der Waals surface area contributed by atoms with Gasteiger partial charge in [0.05, 0.1) is 18.8 Å². The van der Waals surface area contributed by atoms with Crippen molar-refractivity contribution in [2.75, 3.05) is 31.2 Å². The number of rotatable bonds is 6. The van der Waals surface area contributed by atoms with E-state index in [4.69, 9.17) is 9.84 Å². The van der Waals surface area contributed by atoms with Gasteiger partial charge in [-0.25, -0.2) is 9.78 Å². The van der Waals surface area contributed by atoms with Gasteiger partial charge in [0.1, 0.15) is 5.82 Å². The Kier molecular flexibility index (Phi) is 5.40. The molecule has 0 bridgehead atoms. The summed E-state index contributed by atoms with van der Waals surface area (Å²) < 4.78 is 5.35. The van der Waals surface area contributed by atoms with Gasteiger partial charge in [0.15, 0.2) is 0 Å². The lowest BCUT2D eigenvalue weighted by molar-refractivity contribution is 0.0696. The van der Waals surface area contributed by atoms with Gasteiger partial charge < -0.3 is 20.1 Å². The van der Waals surface area contributed by atoms with E-state index in [9.17, 15) is 4.79 Å². The van der Waals surface area contributed by atoms with Gasteiger partial charge in [-0.15, -0.1) is 0 Å². The van der Waals surface area contributed by atoms with Crippen LogP contribution in [0, 0.1) is 0 Å². The van der Waals surface area contributed by atoms with Crippen LogP contribution in [0.25, 0.3) is 0 Å². The van der Waals surface area contributed by atoms with Crippen LogP contribution in [0.2, 0.25) is 0 Å². The fourth-order valence-corrected chi connectivity index (χ4v) is 2.67. The van der Waals surface area contributed by atoms with Crippen molar-refractivity contribution in [1.82, 2.24) is 10.3 Å². The molecule has 3 rings (SSSR count). The number of carbonyl (C=O) groups is 1. The first kappa shape index (κ1) is 16.4. The highest BCUT2D eigenvalue weighted by atomic mass is 16.5. The first-order chi connectivity index (χ1) is 11.7. The molecule has 1 aliphatic heterocycles. The van der Waals surface area contributed by atoms with E-state index in [1.54, 1.807) is 18.2 Å². The van der Waals surface area contributed by atoms with Gasteiger partial charge in [0, 0.05) is 32.4 Å². The van der Waals surface area contributed by atoms with Crippen LogP contribution in [-0.4, -0.2) is 42.4 Å². The fraction of sp³-hybridized carbons (Fsp3) is 0.333. The molecule has 1 aliphatic rings. The minimum atomic E-state index is -0.903. The van der Waals surface area contributed by atoms with Crippen LogP contribution in [0.5, 0.6) is 0 Å². The molecule has 1 saturated heterocycles. The highest BCUT2D eigenvalue weighted by molar-refractivity contribution is 5.87. The summed E-state index contributed by atoms with van der Waals surface area (Å²) in [6.07, 6.45) is 1.88. The van der Waals surface area contributed by atoms with Gasteiger partial charge in [-0.3, -0.25) is 0 Å². The maximum Gasteiger partial charge on any atom is 0.335 e. The second kappa shape index (κ2) is 7.90. The minimum absolute atomic E-state index is 0.311. The fourth-order valence-electron chi connectivity index (χ4n) is 2.67. The summed E-state index contributed by atoms with van der Waals surface area (Å²) in [5, 5.41) is 12.3. The summed E-state index contributed by atoms with van der Waals surface area (Å²) in [6, 6.07) is 11.1. The van der Waals surface area contributed by atoms with Crippen molar-refractivity contribution in [3.63, 3.8) is 0 Å². The van der Waals surface area contributed by atoms with E-state index in [2.05, 4.69) is 21.3 Å². The highest BCUT2D eigenvalue weighted by Crippen LogP contribution is 2.13. The third-order valence-electron chi connectivity index (χ3n) is 3.98. The molecule has 2 aromatic rings. The number of nitrogens with zero attached hydrogens (tertiary/aromatic N) is 2. The first-order valence-electron chi connectivity index (χ1n) is 8.03. The average molecular weight is 327 g/mol. The Morgan fingerprint density at radius 2 is 1.96 bits per heavy atom. The quantitative estimate of drug-likeness (QED) is 0.844. The number of pyridine rings is 1. The Morgan fingerprint density at radius 3 is 2.67 bits per heavy atom. The molecule has 1 fully saturated rings. The van der Waals surface area contributed by atoms with Crippen LogP contribution in [0.4, 0.5) is 5.82 Å². The number of hydrogen-bond donors (Lipinski definition) is 2. The topological polar surface area (TPSA) is 74.7 Å². The number of hydrogen-bond acceptors (Lipinski definition) is 5. The van der Waals surface area contributed by atoms with Gasteiger partial charge in [0.25, 0.3) is 0 Å². The Labute approximate surface area is 141 Å². The molecule has 0 amide bonds. The Morgan fingerprint density at radius 1 is 1.17 bits per heavy atom. The van der Waals surface area contributed by atoms with Gasteiger partial charge in [-0.1, -0.05) is 18.2 Å². The van der Waals surface area contributed by atoms with E-state index in [0.717, 1.165) is 43.2 Å². The Bertz CT molecular complexity index is 682. The van der Waals surface area contributed by atoms with E-state index in [1.165, 1.54) is 0 Å². The zero-order valence-electron chi connectivity index (χ0n) is 13.4. The molecule has 0 atom stereocenters.